The third-order valence-electron chi connectivity index (χ3n) is 22.4. The Morgan fingerprint density at radius 2 is 0.845 bits per heavy atom. The van der Waals surface area contributed by atoms with Crippen molar-refractivity contribution in [2.24, 2.45) is 0 Å². The van der Waals surface area contributed by atoms with Crippen molar-refractivity contribution in [3.63, 3.8) is 0 Å². The van der Waals surface area contributed by atoms with Gasteiger partial charge < -0.3 is 56.0 Å². The molecule has 14 atom stereocenters. The molecule has 116 heavy (non-hydrogen) atoms. The minimum Gasteiger partial charge on any atom is -0.484 e. The van der Waals surface area contributed by atoms with Crippen LogP contribution < -0.4 is 50.3 Å². The maximum absolute atomic E-state index is 13.0. The highest BCUT2D eigenvalue weighted by Crippen LogP contribution is 2.61. The van der Waals surface area contributed by atoms with Crippen LogP contribution in [0.25, 0.3) is 22.3 Å². The highest BCUT2D eigenvalue weighted by molar-refractivity contribution is 7.45. The van der Waals surface area contributed by atoms with Crippen molar-refractivity contribution in [3.05, 3.63) is 195 Å². The van der Waals surface area contributed by atoms with Crippen molar-refractivity contribution < 1.29 is 65.6 Å². The highest BCUT2D eigenvalue weighted by Gasteiger charge is 2.57. The molecule has 2 N–H and O–H groups in total. The van der Waals surface area contributed by atoms with Crippen molar-refractivity contribution >= 4 is 100.0 Å². The molecule has 0 radical (unpaired) electrons. The molecule has 0 saturated carbocycles. The lowest BCUT2D eigenvalue weighted by Crippen LogP contribution is -2.58. The molecule has 6 aliphatic heterocycles. The molecule has 4 aromatic heterocycles. The molecule has 10 heterocycles. The fourth-order valence-corrected chi connectivity index (χ4v) is 28.5. The summed E-state index contributed by atoms with van der Waals surface area (Å²) in [6.07, 6.45) is 5.09. The number of nitrogens with zero attached hydrogens (tertiary/aromatic N) is 12. The van der Waals surface area contributed by atoms with E-state index in [-0.39, 0.29) is 99.4 Å². The summed E-state index contributed by atoms with van der Waals surface area (Å²) in [6.45, 7) is 10.5. The van der Waals surface area contributed by atoms with Crippen LogP contribution in [0.1, 0.15) is 77.7 Å². The number of para-hydroxylation sites is 2. The Morgan fingerprint density at radius 1 is 0.491 bits per heavy atom. The Morgan fingerprint density at radius 3 is 1.18 bits per heavy atom. The predicted molar refractivity (Wildman–Crippen MR) is 443 cm³/mol. The Hall–Kier alpha value is -9.57. The van der Waals surface area contributed by atoms with E-state index < -0.39 is 81.9 Å². The van der Waals surface area contributed by atoms with Gasteiger partial charge in [-0.2, -0.15) is 30.5 Å². The summed E-state index contributed by atoms with van der Waals surface area (Å²) >= 11 is 0. The number of amides is 2. The van der Waals surface area contributed by atoms with Gasteiger partial charge in [0, 0.05) is 39.4 Å². The van der Waals surface area contributed by atoms with Crippen molar-refractivity contribution in [1.29, 1.82) is 10.5 Å². The fraction of sp³-hybridized carbons (Fsp3) is 0.405. The molecule has 6 aliphatic rings. The second kappa shape index (κ2) is 37.8. The van der Waals surface area contributed by atoms with Gasteiger partial charge in [-0.05, 0) is 74.9 Å². The van der Waals surface area contributed by atoms with Crippen LogP contribution in [0, 0.1) is 22.7 Å². The number of nitrogens with one attached hydrogen (secondary N) is 2. The Kier molecular flexibility index (Phi) is 26.6. The number of imidazole rings is 2. The van der Waals surface area contributed by atoms with Gasteiger partial charge in [0.15, 0.2) is 48.0 Å². The molecule has 16 rings (SSSR count). The van der Waals surface area contributed by atoms with Crippen LogP contribution in [0.5, 0.6) is 23.3 Å². The van der Waals surface area contributed by atoms with Gasteiger partial charge in [-0.15, -0.1) is 0 Å². The number of anilines is 2. The number of hydrogen-bond acceptors (Lipinski definition) is 24. The first-order valence-electron chi connectivity index (χ1n) is 39.6. The van der Waals surface area contributed by atoms with E-state index in [1.807, 2.05) is 36.4 Å². The number of carbonyl (C=O) groups excluding carboxylic acids is 2. The van der Waals surface area contributed by atoms with E-state index >= 15 is 0 Å². The molecular formula is C84H96N14O14P2Si2. The Bertz CT molecular complexity index is 4630. The first kappa shape index (κ1) is 81.6. The quantitative estimate of drug-likeness (QED) is 0.0225. The molecule has 604 valence electrons. The highest BCUT2D eigenvalue weighted by atomic mass is 31.2. The Labute approximate surface area is 678 Å². The van der Waals surface area contributed by atoms with Crippen LogP contribution in [-0.4, -0.2) is 191 Å². The van der Waals surface area contributed by atoms with Gasteiger partial charge in [0.25, 0.3) is 28.9 Å². The average molecular weight is 1640 g/mol. The third-order valence-corrected chi connectivity index (χ3v) is 34.9. The summed E-state index contributed by atoms with van der Waals surface area (Å²) < 4.78 is 85.5. The maximum Gasteiger partial charge on any atom is 0.264 e. The van der Waals surface area contributed by atoms with E-state index in [1.165, 1.54) is 20.7 Å². The number of methoxy groups -OCH3 is 2. The standard InChI is InChI=1S/2C42H48N7O7PSi/c2*1-4-33-37(56-57-49-24-14-22-32(49)34(55-57)27-58(3,30-18-10-6-11-19-30)31-20-12-7-13-21-31)38(51-2)41(54-33)48-28-44-36-39(48)46-42(47-40(36)52-25-15-23-43)45-35(50)26-53-29-16-8-5-9-17-29/h2*5-13,16-21,28,32-34,37-38,41H,4,14-15,22,24-27H2,1-3H3,(H,45,46,47,50)/t32-,33+,34+,37?,38-,41+,57+;32-,33-,34+,37?,38+,41-,57+/m01/s1. The number of aromatic nitrogens is 8. The van der Waals surface area contributed by atoms with Crippen molar-refractivity contribution in [1.82, 2.24) is 48.4 Å². The van der Waals surface area contributed by atoms with Gasteiger partial charge in [-0.3, -0.25) is 29.4 Å². The summed E-state index contributed by atoms with van der Waals surface area (Å²) in [6, 6.07) is 68.3. The first-order chi connectivity index (χ1) is 56.8. The zero-order valence-electron chi connectivity index (χ0n) is 65.7. The second-order valence-corrected chi connectivity index (χ2v) is 41.0. The second-order valence-electron chi connectivity index (χ2n) is 29.7. The van der Waals surface area contributed by atoms with Crippen LogP contribution in [0.4, 0.5) is 11.9 Å². The van der Waals surface area contributed by atoms with Gasteiger partial charge in [-0.1, -0.05) is 205 Å². The zero-order valence-corrected chi connectivity index (χ0v) is 69.5. The smallest absolute Gasteiger partial charge is 0.264 e. The number of carbonyl (C=O) groups is 2. The molecule has 6 saturated heterocycles. The summed E-state index contributed by atoms with van der Waals surface area (Å²) in [5, 5.41) is 29.3. The van der Waals surface area contributed by atoms with Crippen LogP contribution in [0.3, 0.4) is 0 Å². The number of rotatable bonds is 32. The molecular weight excluding hydrogens is 1550 g/mol. The van der Waals surface area contributed by atoms with Crippen LogP contribution >= 0.6 is 17.1 Å². The minimum atomic E-state index is -2.19. The molecule has 2 amide bonds. The van der Waals surface area contributed by atoms with Crippen molar-refractivity contribution in [2.45, 2.75) is 164 Å². The summed E-state index contributed by atoms with van der Waals surface area (Å²) in [5.74, 6) is 0.419. The number of benzene rings is 6. The molecule has 28 nitrogen and oxygen atoms in total. The topological polar surface area (TPSA) is 310 Å². The minimum absolute atomic E-state index is 0.00911. The van der Waals surface area contributed by atoms with Gasteiger partial charge in [-0.25, -0.2) is 19.3 Å². The zero-order chi connectivity index (χ0) is 80.1. The van der Waals surface area contributed by atoms with Crippen LogP contribution in [-0.2, 0) is 46.6 Å². The predicted octanol–water partition coefficient (Wildman–Crippen LogP) is 11.7. The average Bonchev–Trinajstić information content (AvgIpc) is 1.62. The molecule has 2 unspecified atom stereocenters. The molecule has 6 fully saturated rings. The molecule has 0 bridgehead atoms. The lowest BCUT2D eigenvalue weighted by atomic mass is 10.1. The van der Waals surface area contributed by atoms with Gasteiger partial charge in [0.2, 0.25) is 23.7 Å². The molecule has 6 aromatic carbocycles. The number of nitriles is 2. The number of ether oxygens (including phenoxy) is 8. The fourth-order valence-electron chi connectivity index (χ4n) is 16.6. The molecule has 0 spiro atoms. The van der Waals surface area contributed by atoms with E-state index in [0.717, 1.165) is 50.9 Å². The van der Waals surface area contributed by atoms with E-state index in [9.17, 15) is 9.59 Å². The van der Waals surface area contributed by atoms with Gasteiger partial charge in [0.1, 0.15) is 65.3 Å². The molecule has 32 heteroatoms. The number of hydrogen-bond donors (Lipinski definition) is 2. The van der Waals surface area contributed by atoms with Gasteiger partial charge >= 0.3 is 0 Å². The van der Waals surface area contributed by atoms with E-state index in [4.69, 9.17) is 76.5 Å². The SMILES string of the molecule is CC[C@H]1O[C@@H](n2cnc3c(OCCC#N)nc(NC(=O)COc4ccccc4)nc32)[C@@H](OC)C1O[P@@]1O[C@H](C[Si](C)(c2ccccc2)c2ccccc2)[C@@H]2CCCN21.CC[C@H]1O[C@@H](n2cnc3c(OCCC#N)nc(NC(=O)COc4ccccc4)nc32)[C@@H](OC)C1O[P@]1O[C@@H](C[Si](C)(c2ccccc2)c2ccccc2)[C@H]2CCCN21. The lowest BCUT2D eigenvalue weighted by Gasteiger charge is -2.32. The number of fused-ring (bicyclic) bond motifs is 4. The van der Waals surface area contributed by atoms with Gasteiger partial charge in [0.05, 0.1) is 62.1 Å². The van der Waals surface area contributed by atoms with E-state index in [2.05, 4.69) is 200 Å². The van der Waals surface area contributed by atoms with Crippen LogP contribution in [0.15, 0.2) is 195 Å². The van der Waals surface area contributed by atoms with Crippen molar-refractivity contribution in [2.75, 3.05) is 64.4 Å². The summed E-state index contributed by atoms with van der Waals surface area (Å²) in [5.41, 5.74) is 1.42. The van der Waals surface area contributed by atoms with E-state index in [0.29, 0.717) is 46.7 Å². The normalized spacial score (nSPS) is 24.4. The molecule has 0 aliphatic carbocycles. The Balaban J connectivity index is 0.000000182. The third kappa shape index (κ3) is 17.8. The maximum atomic E-state index is 13.0. The van der Waals surface area contributed by atoms with Crippen LogP contribution in [0.2, 0.25) is 25.2 Å². The first-order valence-corrected chi connectivity index (χ1v) is 47.3. The lowest BCUT2D eigenvalue weighted by molar-refractivity contribution is -0.118. The van der Waals surface area contributed by atoms with E-state index in [1.54, 1.807) is 60.3 Å². The molecule has 10 aromatic rings. The largest absolute Gasteiger partial charge is 0.484 e. The van der Waals surface area contributed by atoms with Crippen molar-refractivity contribution in [3.8, 4) is 35.4 Å². The summed E-state index contributed by atoms with van der Waals surface area (Å²) in [7, 11) is -3.91. The summed E-state index contributed by atoms with van der Waals surface area (Å²) in [4.78, 5) is 53.5. The monoisotopic (exact) mass is 1640 g/mol.